The molecule has 0 fully saturated rings. The van der Waals surface area contributed by atoms with Gasteiger partial charge in [0, 0.05) is 4.88 Å². The molecule has 0 radical (unpaired) electrons. The maximum atomic E-state index is 6.20. The van der Waals surface area contributed by atoms with Crippen molar-refractivity contribution < 1.29 is 4.43 Å². The summed E-state index contributed by atoms with van der Waals surface area (Å²) in [5, 5.41) is 0.257. The van der Waals surface area contributed by atoms with Crippen LogP contribution in [0.2, 0.25) is 18.1 Å². The Labute approximate surface area is 118 Å². The van der Waals surface area contributed by atoms with Gasteiger partial charge in [0.1, 0.15) is 0 Å². The Morgan fingerprint density at radius 2 is 1.94 bits per heavy atom. The minimum atomic E-state index is -1.66. The predicted octanol–water partition coefficient (Wildman–Crippen LogP) is 4.99. The van der Waals surface area contributed by atoms with E-state index < -0.39 is 8.32 Å². The van der Waals surface area contributed by atoms with E-state index in [2.05, 4.69) is 61.7 Å². The Hall–Kier alpha value is 0.287. The van der Waals surface area contributed by atoms with Crippen LogP contribution in [0.4, 0.5) is 0 Å². The normalized spacial score (nSPS) is 13.1. The van der Waals surface area contributed by atoms with Crippen molar-refractivity contribution >= 4 is 35.6 Å². The zero-order valence-electron chi connectivity index (χ0n) is 11.6. The third kappa shape index (κ3) is 3.88. The molecule has 0 amide bonds. The molecule has 1 aromatic heterocycles. The molecule has 0 atom stereocenters. The molecular formula is C12H22BrNOSSi. The summed E-state index contributed by atoms with van der Waals surface area (Å²) in [5.74, 6) is 0. The van der Waals surface area contributed by atoms with Crippen LogP contribution < -0.4 is 0 Å². The van der Waals surface area contributed by atoms with Gasteiger partial charge in [-0.15, -0.1) is 11.3 Å². The largest absolute Gasteiger partial charge is 0.411 e. The lowest BCUT2D eigenvalue weighted by Gasteiger charge is -2.36. The molecule has 1 aromatic rings. The Balaban J connectivity index is 2.73. The molecule has 0 bridgehead atoms. The predicted molar refractivity (Wildman–Crippen MR) is 81.2 cm³/mol. The molecule has 0 saturated heterocycles. The van der Waals surface area contributed by atoms with Gasteiger partial charge in [0.2, 0.25) is 0 Å². The average molecular weight is 336 g/mol. The van der Waals surface area contributed by atoms with Crippen molar-refractivity contribution in [2.24, 2.45) is 0 Å². The third-order valence-electron chi connectivity index (χ3n) is 3.45. The van der Waals surface area contributed by atoms with Crippen LogP contribution in [0.1, 0.15) is 38.3 Å². The van der Waals surface area contributed by atoms with Crippen LogP contribution in [-0.4, -0.2) is 13.3 Å². The third-order valence-corrected chi connectivity index (χ3v) is 9.62. The fourth-order valence-corrected chi connectivity index (χ4v) is 3.66. The number of halogens is 1. The highest BCUT2D eigenvalue weighted by Crippen LogP contribution is 2.37. The molecule has 0 unspecified atom stereocenters. The first kappa shape index (κ1) is 15.3. The second-order valence-corrected chi connectivity index (χ2v) is 12.9. The quantitative estimate of drug-likeness (QED) is 0.723. The molecule has 1 heterocycles. The SMILES string of the molecule is CCc1sc(Br)nc1CO[Si](C)(C)C(C)(C)C. The van der Waals surface area contributed by atoms with E-state index in [-0.39, 0.29) is 5.04 Å². The molecule has 0 aliphatic rings. The van der Waals surface area contributed by atoms with E-state index >= 15 is 0 Å². The number of aromatic nitrogens is 1. The Bertz CT molecular complexity index is 384. The Morgan fingerprint density at radius 3 is 2.41 bits per heavy atom. The van der Waals surface area contributed by atoms with Crippen LogP contribution in [0.3, 0.4) is 0 Å². The van der Waals surface area contributed by atoms with Gasteiger partial charge in [0.25, 0.3) is 0 Å². The van der Waals surface area contributed by atoms with Gasteiger partial charge in [-0.05, 0) is 40.5 Å². The van der Waals surface area contributed by atoms with Crippen molar-refractivity contribution in [1.82, 2.24) is 4.98 Å². The maximum Gasteiger partial charge on any atom is 0.192 e. The van der Waals surface area contributed by atoms with Crippen molar-refractivity contribution in [3.05, 3.63) is 14.5 Å². The van der Waals surface area contributed by atoms with Gasteiger partial charge in [0.05, 0.1) is 12.3 Å². The highest BCUT2D eigenvalue weighted by molar-refractivity contribution is 9.11. The van der Waals surface area contributed by atoms with Gasteiger partial charge in [-0.2, -0.15) is 0 Å². The number of aryl methyl sites for hydroxylation is 1. The van der Waals surface area contributed by atoms with Gasteiger partial charge >= 0.3 is 0 Å². The van der Waals surface area contributed by atoms with Crippen molar-refractivity contribution in [1.29, 1.82) is 0 Å². The first-order valence-corrected chi connectivity index (χ1v) is 10.5. The van der Waals surface area contributed by atoms with E-state index in [9.17, 15) is 0 Å². The highest BCUT2D eigenvalue weighted by atomic mass is 79.9. The lowest BCUT2D eigenvalue weighted by atomic mass is 10.2. The molecule has 17 heavy (non-hydrogen) atoms. The smallest absolute Gasteiger partial charge is 0.192 e. The van der Waals surface area contributed by atoms with Crippen molar-refractivity contribution in [2.45, 2.75) is 58.9 Å². The molecule has 98 valence electrons. The summed E-state index contributed by atoms with van der Waals surface area (Å²) >= 11 is 5.16. The summed E-state index contributed by atoms with van der Waals surface area (Å²) in [4.78, 5) is 5.83. The van der Waals surface area contributed by atoms with Crippen LogP contribution in [0.15, 0.2) is 3.92 Å². The van der Waals surface area contributed by atoms with E-state index in [1.807, 2.05) is 0 Å². The molecule has 0 N–H and O–H groups in total. The standard InChI is InChI=1S/C12H22BrNOSSi/c1-7-10-9(14-11(13)16-10)8-15-17(5,6)12(2,3)4/h7-8H2,1-6H3. The van der Waals surface area contributed by atoms with Crippen molar-refractivity contribution in [3.63, 3.8) is 0 Å². The topological polar surface area (TPSA) is 22.1 Å². The van der Waals surface area contributed by atoms with E-state index in [1.165, 1.54) is 4.88 Å². The Kier molecular flexibility index (Phi) is 4.97. The van der Waals surface area contributed by atoms with Crippen LogP contribution in [-0.2, 0) is 17.5 Å². The number of nitrogens with zero attached hydrogens (tertiary/aromatic N) is 1. The van der Waals surface area contributed by atoms with Gasteiger partial charge in [-0.25, -0.2) is 4.98 Å². The number of hydrogen-bond donors (Lipinski definition) is 0. The summed E-state index contributed by atoms with van der Waals surface area (Å²) in [7, 11) is -1.66. The molecule has 0 saturated carbocycles. The molecule has 0 aliphatic carbocycles. The second-order valence-electron chi connectivity index (χ2n) is 5.74. The fraction of sp³-hybridized carbons (Fsp3) is 0.750. The zero-order valence-corrected chi connectivity index (χ0v) is 15.0. The summed E-state index contributed by atoms with van der Waals surface area (Å²) in [6.45, 7) is 14.2. The van der Waals surface area contributed by atoms with Crippen LogP contribution in [0.5, 0.6) is 0 Å². The lowest BCUT2D eigenvalue weighted by molar-refractivity contribution is 0.271. The molecule has 0 aliphatic heterocycles. The number of thiazole rings is 1. The lowest BCUT2D eigenvalue weighted by Crippen LogP contribution is -2.40. The van der Waals surface area contributed by atoms with E-state index in [0.29, 0.717) is 6.61 Å². The van der Waals surface area contributed by atoms with Gasteiger partial charge in [-0.3, -0.25) is 0 Å². The van der Waals surface area contributed by atoms with Crippen LogP contribution >= 0.6 is 27.3 Å². The minimum Gasteiger partial charge on any atom is -0.411 e. The summed E-state index contributed by atoms with van der Waals surface area (Å²) in [6.07, 6.45) is 1.03. The average Bonchev–Trinajstić information content (AvgIpc) is 2.54. The first-order chi connectivity index (χ1) is 7.67. The number of rotatable bonds is 4. The van der Waals surface area contributed by atoms with Crippen LogP contribution in [0, 0.1) is 0 Å². The maximum absolute atomic E-state index is 6.20. The summed E-state index contributed by atoms with van der Waals surface area (Å²) in [5.41, 5.74) is 1.11. The second kappa shape index (κ2) is 5.51. The fourth-order valence-electron chi connectivity index (χ4n) is 1.21. The Morgan fingerprint density at radius 1 is 1.35 bits per heavy atom. The van der Waals surface area contributed by atoms with Gasteiger partial charge in [-0.1, -0.05) is 27.7 Å². The van der Waals surface area contributed by atoms with Gasteiger partial charge < -0.3 is 4.43 Å². The molecular weight excluding hydrogens is 314 g/mol. The number of hydrogen-bond acceptors (Lipinski definition) is 3. The minimum absolute atomic E-state index is 0.257. The molecule has 2 nitrogen and oxygen atoms in total. The monoisotopic (exact) mass is 335 g/mol. The molecule has 0 spiro atoms. The van der Waals surface area contributed by atoms with E-state index in [1.54, 1.807) is 11.3 Å². The zero-order chi connectivity index (χ0) is 13.3. The van der Waals surface area contributed by atoms with E-state index in [0.717, 1.165) is 16.0 Å². The van der Waals surface area contributed by atoms with Crippen molar-refractivity contribution in [3.8, 4) is 0 Å². The van der Waals surface area contributed by atoms with Crippen molar-refractivity contribution in [2.75, 3.05) is 0 Å². The molecule has 5 heteroatoms. The first-order valence-electron chi connectivity index (χ1n) is 5.95. The summed E-state index contributed by atoms with van der Waals surface area (Å²) in [6, 6.07) is 0. The van der Waals surface area contributed by atoms with Gasteiger partial charge in [0.15, 0.2) is 12.2 Å². The van der Waals surface area contributed by atoms with Crippen LogP contribution in [0.25, 0.3) is 0 Å². The molecule has 1 rings (SSSR count). The summed E-state index contributed by atoms with van der Waals surface area (Å²) < 4.78 is 7.16. The highest BCUT2D eigenvalue weighted by Gasteiger charge is 2.37. The van der Waals surface area contributed by atoms with E-state index in [4.69, 9.17) is 4.43 Å². The molecule has 0 aromatic carbocycles.